The summed E-state index contributed by atoms with van der Waals surface area (Å²) in [5.41, 5.74) is 2.07. The van der Waals surface area contributed by atoms with E-state index in [9.17, 15) is 4.79 Å². The second kappa shape index (κ2) is 6.26. The zero-order chi connectivity index (χ0) is 16.4. The first-order valence-electron chi connectivity index (χ1n) is 6.98. The topological polar surface area (TPSA) is 81.2 Å². The zero-order valence-electron chi connectivity index (χ0n) is 12.6. The highest BCUT2D eigenvalue weighted by molar-refractivity contribution is 6.33. The van der Waals surface area contributed by atoms with E-state index in [-0.39, 0.29) is 12.5 Å². The number of carbonyl (C=O) groups is 1. The van der Waals surface area contributed by atoms with Gasteiger partial charge < -0.3 is 14.4 Å². The van der Waals surface area contributed by atoms with Crippen molar-refractivity contribution in [1.29, 1.82) is 0 Å². The Morgan fingerprint density at radius 3 is 2.70 bits per heavy atom. The van der Waals surface area contributed by atoms with Crippen LogP contribution in [0.15, 0.2) is 39.4 Å². The number of hydrogen-bond acceptors (Lipinski definition) is 5. The van der Waals surface area contributed by atoms with E-state index >= 15 is 0 Å². The van der Waals surface area contributed by atoms with Crippen LogP contribution in [0.4, 0.5) is 0 Å². The van der Waals surface area contributed by atoms with Gasteiger partial charge in [-0.25, -0.2) is 0 Å². The third-order valence-corrected chi connectivity index (χ3v) is 3.66. The maximum atomic E-state index is 12.5. The molecule has 23 heavy (non-hydrogen) atoms. The molecule has 1 amide bonds. The Balaban J connectivity index is 1.86. The highest BCUT2D eigenvalue weighted by Gasteiger charge is 2.23. The van der Waals surface area contributed by atoms with Gasteiger partial charge >= 0.3 is 0 Å². The fourth-order valence-corrected chi connectivity index (χ4v) is 2.46. The summed E-state index contributed by atoms with van der Waals surface area (Å²) in [5.74, 6) is 0.806. The minimum Gasteiger partial charge on any atom is -0.361 e. The second-order valence-corrected chi connectivity index (χ2v) is 5.46. The van der Waals surface area contributed by atoms with E-state index in [0.717, 1.165) is 0 Å². The first-order valence-corrected chi connectivity index (χ1v) is 7.35. The summed E-state index contributed by atoms with van der Waals surface area (Å²) in [5, 5.41) is 11.1. The molecule has 7 heteroatoms. The van der Waals surface area contributed by atoms with Crippen LogP contribution in [0, 0.1) is 13.8 Å². The van der Waals surface area contributed by atoms with Crippen LogP contribution in [0.5, 0.6) is 0 Å². The van der Waals surface area contributed by atoms with Crippen LogP contribution in [0.3, 0.4) is 0 Å². The highest BCUT2D eigenvalue weighted by Crippen LogP contribution is 2.30. The van der Waals surface area contributed by atoms with Crippen LogP contribution < -0.4 is 5.32 Å². The third-order valence-electron chi connectivity index (χ3n) is 3.33. The maximum Gasteiger partial charge on any atom is 0.257 e. The molecule has 1 N–H and O–H groups in total. The molecule has 0 unspecified atom stereocenters. The smallest absolute Gasteiger partial charge is 0.257 e. The monoisotopic (exact) mass is 331 g/mol. The van der Waals surface area contributed by atoms with Crippen LogP contribution in [0.25, 0.3) is 11.3 Å². The molecule has 0 saturated carbocycles. The Bertz CT molecular complexity index is 854. The van der Waals surface area contributed by atoms with Gasteiger partial charge in [0.2, 0.25) is 0 Å². The molecule has 3 aromatic rings. The van der Waals surface area contributed by atoms with Crippen molar-refractivity contribution in [3.8, 4) is 11.3 Å². The summed E-state index contributed by atoms with van der Waals surface area (Å²) >= 11 is 6.18. The highest BCUT2D eigenvalue weighted by atomic mass is 35.5. The molecule has 0 aliphatic rings. The van der Waals surface area contributed by atoms with Gasteiger partial charge in [0.05, 0.1) is 11.6 Å². The van der Waals surface area contributed by atoms with Gasteiger partial charge in [-0.15, -0.1) is 0 Å². The van der Waals surface area contributed by atoms with Gasteiger partial charge in [-0.2, -0.15) is 0 Å². The SMILES string of the molecule is Cc1cc(CNC(=O)c2c(-c3ccccc3Cl)noc2C)no1. The molecule has 2 heterocycles. The molecule has 0 fully saturated rings. The van der Waals surface area contributed by atoms with Crippen LogP contribution in [0.1, 0.15) is 27.6 Å². The van der Waals surface area contributed by atoms with E-state index in [1.807, 2.05) is 12.1 Å². The standard InChI is InChI=1S/C16H14ClN3O3/c1-9-7-11(19-22-9)8-18-16(21)14-10(2)23-20-15(14)12-5-3-4-6-13(12)17/h3-7H,8H2,1-2H3,(H,18,21). The third kappa shape index (κ3) is 3.12. The van der Waals surface area contributed by atoms with Gasteiger partial charge in [-0.1, -0.05) is 40.1 Å². The lowest BCUT2D eigenvalue weighted by atomic mass is 10.1. The van der Waals surface area contributed by atoms with Crippen molar-refractivity contribution in [3.05, 3.63) is 58.1 Å². The molecule has 0 atom stereocenters. The van der Waals surface area contributed by atoms with E-state index in [4.69, 9.17) is 20.6 Å². The summed E-state index contributed by atoms with van der Waals surface area (Å²) in [6.45, 7) is 3.73. The van der Waals surface area contributed by atoms with E-state index in [1.165, 1.54) is 0 Å². The van der Waals surface area contributed by atoms with Crippen LogP contribution in [-0.2, 0) is 6.54 Å². The number of nitrogens with zero attached hydrogens (tertiary/aromatic N) is 2. The molecule has 3 rings (SSSR count). The number of amides is 1. The minimum absolute atomic E-state index is 0.253. The minimum atomic E-state index is -0.306. The number of hydrogen-bond donors (Lipinski definition) is 1. The molecule has 0 aliphatic heterocycles. The van der Waals surface area contributed by atoms with Crippen molar-refractivity contribution in [2.24, 2.45) is 0 Å². The number of aromatic nitrogens is 2. The lowest BCUT2D eigenvalue weighted by Crippen LogP contribution is -2.23. The van der Waals surface area contributed by atoms with Gasteiger partial charge in [-0.3, -0.25) is 4.79 Å². The summed E-state index contributed by atoms with van der Waals surface area (Å²) in [4.78, 5) is 12.5. The number of halogens is 1. The van der Waals surface area contributed by atoms with Crippen molar-refractivity contribution in [2.45, 2.75) is 20.4 Å². The molecule has 0 bridgehead atoms. The quantitative estimate of drug-likeness (QED) is 0.791. The predicted octanol–water partition coefficient (Wildman–Crippen LogP) is 3.53. The number of rotatable bonds is 4. The van der Waals surface area contributed by atoms with Crippen molar-refractivity contribution in [3.63, 3.8) is 0 Å². The molecule has 0 aliphatic carbocycles. The summed E-state index contributed by atoms with van der Waals surface area (Å²) in [6.07, 6.45) is 0. The lowest BCUT2D eigenvalue weighted by molar-refractivity contribution is 0.0949. The van der Waals surface area contributed by atoms with Gasteiger partial charge in [-0.05, 0) is 19.9 Å². The van der Waals surface area contributed by atoms with E-state index in [1.54, 1.807) is 32.0 Å². The zero-order valence-corrected chi connectivity index (χ0v) is 13.3. The van der Waals surface area contributed by atoms with E-state index in [0.29, 0.717) is 39.1 Å². The van der Waals surface area contributed by atoms with Crippen LogP contribution >= 0.6 is 11.6 Å². The second-order valence-electron chi connectivity index (χ2n) is 5.05. The van der Waals surface area contributed by atoms with Gasteiger partial charge in [0.25, 0.3) is 5.91 Å². The Labute approximate surface area is 137 Å². The van der Waals surface area contributed by atoms with Crippen molar-refractivity contribution < 1.29 is 13.8 Å². The number of nitrogens with one attached hydrogen (secondary N) is 1. The molecule has 2 aromatic heterocycles. The summed E-state index contributed by atoms with van der Waals surface area (Å²) in [6, 6.07) is 8.92. The molecule has 118 valence electrons. The van der Waals surface area contributed by atoms with Gasteiger partial charge in [0.1, 0.15) is 28.5 Å². The van der Waals surface area contributed by atoms with Crippen LogP contribution in [-0.4, -0.2) is 16.2 Å². The normalized spacial score (nSPS) is 10.7. The first-order chi connectivity index (χ1) is 11.1. The molecular formula is C16H14ClN3O3. The molecule has 0 saturated heterocycles. The van der Waals surface area contributed by atoms with Crippen LogP contribution in [0.2, 0.25) is 5.02 Å². The van der Waals surface area contributed by atoms with Gasteiger partial charge in [0, 0.05) is 11.6 Å². The van der Waals surface area contributed by atoms with Crippen molar-refractivity contribution >= 4 is 17.5 Å². The Morgan fingerprint density at radius 2 is 2.00 bits per heavy atom. The maximum absolute atomic E-state index is 12.5. The number of benzene rings is 1. The fourth-order valence-electron chi connectivity index (χ4n) is 2.24. The van der Waals surface area contributed by atoms with E-state index < -0.39 is 0 Å². The molecule has 1 aromatic carbocycles. The Kier molecular flexibility index (Phi) is 4.16. The number of carbonyl (C=O) groups excluding carboxylic acids is 1. The average molecular weight is 332 g/mol. The lowest BCUT2D eigenvalue weighted by Gasteiger charge is -2.05. The summed E-state index contributed by atoms with van der Waals surface area (Å²) < 4.78 is 10.1. The van der Waals surface area contributed by atoms with Crippen molar-refractivity contribution in [2.75, 3.05) is 0 Å². The first kappa shape index (κ1) is 15.3. The Morgan fingerprint density at radius 1 is 1.22 bits per heavy atom. The summed E-state index contributed by atoms with van der Waals surface area (Å²) in [7, 11) is 0. The average Bonchev–Trinajstić information content (AvgIpc) is 3.11. The largest absolute Gasteiger partial charge is 0.361 e. The molecular weight excluding hydrogens is 318 g/mol. The molecule has 0 radical (unpaired) electrons. The fraction of sp³-hybridized carbons (Fsp3) is 0.188. The molecule has 6 nitrogen and oxygen atoms in total. The Hall–Kier alpha value is -2.60. The number of aryl methyl sites for hydroxylation is 2. The van der Waals surface area contributed by atoms with Crippen molar-refractivity contribution in [1.82, 2.24) is 15.6 Å². The van der Waals surface area contributed by atoms with Gasteiger partial charge in [0.15, 0.2) is 0 Å². The predicted molar refractivity (Wildman–Crippen MR) is 84.1 cm³/mol. The van der Waals surface area contributed by atoms with E-state index in [2.05, 4.69) is 15.6 Å². The molecule has 0 spiro atoms.